The monoisotopic (exact) mass is 248 g/mol. The Morgan fingerprint density at radius 3 is 2.88 bits per heavy atom. The van der Waals surface area contributed by atoms with E-state index in [2.05, 4.69) is 34.7 Å². The third-order valence-electron chi connectivity index (χ3n) is 2.58. The first-order valence-corrected chi connectivity index (χ1v) is 6.45. The maximum atomic E-state index is 5.23. The van der Waals surface area contributed by atoms with Gasteiger partial charge in [0.15, 0.2) is 0 Å². The van der Waals surface area contributed by atoms with Gasteiger partial charge < -0.3 is 10.1 Å². The minimum absolute atomic E-state index is 0.814. The van der Waals surface area contributed by atoms with Crippen LogP contribution in [-0.2, 0) is 13.1 Å². The number of thiazole rings is 1. The van der Waals surface area contributed by atoms with Gasteiger partial charge >= 0.3 is 0 Å². The summed E-state index contributed by atoms with van der Waals surface area (Å²) >= 11 is 1.63. The van der Waals surface area contributed by atoms with E-state index in [1.54, 1.807) is 18.4 Å². The van der Waals surface area contributed by atoms with Crippen molar-refractivity contribution in [1.29, 1.82) is 0 Å². The molecule has 0 aliphatic carbocycles. The molecule has 0 aliphatic heterocycles. The minimum Gasteiger partial charge on any atom is -0.496 e. The zero-order valence-electron chi connectivity index (χ0n) is 10.1. The highest BCUT2D eigenvalue weighted by atomic mass is 32.1. The molecule has 0 saturated heterocycles. The van der Waals surface area contributed by atoms with E-state index in [0.717, 1.165) is 24.5 Å². The molecule has 0 aliphatic rings. The van der Waals surface area contributed by atoms with Crippen molar-refractivity contribution in [2.75, 3.05) is 7.11 Å². The number of rotatable bonds is 5. The molecule has 0 bridgehead atoms. The van der Waals surface area contributed by atoms with Gasteiger partial charge in [-0.15, -0.1) is 11.3 Å². The van der Waals surface area contributed by atoms with E-state index in [9.17, 15) is 0 Å². The van der Waals surface area contributed by atoms with E-state index in [0.29, 0.717) is 0 Å². The van der Waals surface area contributed by atoms with Crippen molar-refractivity contribution in [3.8, 4) is 5.75 Å². The van der Waals surface area contributed by atoms with Crippen LogP contribution in [0.1, 0.15) is 16.8 Å². The van der Waals surface area contributed by atoms with Gasteiger partial charge in [0.1, 0.15) is 5.75 Å². The Bertz CT molecular complexity index is 468. The highest BCUT2D eigenvalue weighted by Crippen LogP contribution is 2.18. The van der Waals surface area contributed by atoms with Gasteiger partial charge in [-0.05, 0) is 24.1 Å². The van der Waals surface area contributed by atoms with Crippen LogP contribution in [0.2, 0.25) is 0 Å². The van der Waals surface area contributed by atoms with Crippen molar-refractivity contribution < 1.29 is 4.74 Å². The van der Waals surface area contributed by atoms with Crippen molar-refractivity contribution in [3.05, 3.63) is 45.9 Å². The summed E-state index contributed by atoms with van der Waals surface area (Å²) < 4.78 is 5.23. The van der Waals surface area contributed by atoms with Gasteiger partial charge in [0.05, 0.1) is 18.3 Å². The average molecular weight is 248 g/mol. The molecular weight excluding hydrogens is 232 g/mol. The SMILES string of the molecule is COc1ccc(CNCc2cscn2)cc1C. The number of aryl methyl sites for hydroxylation is 1. The maximum absolute atomic E-state index is 5.23. The van der Waals surface area contributed by atoms with Gasteiger partial charge in [-0.2, -0.15) is 0 Å². The summed E-state index contributed by atoms with van der Waals surface area (Å²) in [5.74, 6) is 0.938. The molecule has 0 unspecified atom stereocenters. The van der Waals surface area contributed by atoms with Gasteiger partial charge in [-0.1, -0.05) is 12.1 Å². The molecule has 3 nitrogen and oxygen atoms in total. The molecular formula is C13H16N2OS. The first kappa shape index (κ1) is 12.1. The molecule has 1 aromatic heterocycles. The average Bonchev–Trinajstić information content (AvgIpc) is 2.82. The molecule has 1 aromatic carbocycles. The minimum atomic E-state index is 0.814. The predicted octanol–water partition coefficient (Wildman–Crippen LogP) is 2.75. The number of aromatic nitrogens is 1. The molecule has 0 spiro atoms. The van der Waals surface area contributed by atoms with Crippen LogP contribution in [0.15, 0.2) is 29.1 Å². The summed E-state index contributed by atoms with van der Waals surface area (Å²) in [6.07, 6.45) is 0. The normalized spacial score (nSPS) is 10.5. The smallest absolute Gasteiger partial charge is 0.121 e. The van der Waals surface area contributed by atoms with E-state index in [4.69, 9.17) is 4.74 Å². The molecule has 2 aromatic rings. The fourth-order valence-corrected chi connectivity index (χ4v) is 2.27. The summed E-state index contributed by atoms with van der Waals surface area (Å²) in [6.45, 7) is 3.72. The maximum Gasteiger partial charge on any atom is 0.121 e. The van der Waals surface area contributed by atoms with E-state index in [-0.39, 0.29) is 0 Å². The quantitative estimate of drug-likeness (QED) is 0.883. The second-order valence-electron chi connectivity index (χ2n) is 3.89. The number of hydrogen-bond acceptors (Lipinski definition) is 4. The molecule has 0 amide bonds. The Hall–Kier alpha value is -1.39. The molecule has 0 fully saturated rings. The fourth-order valence-electron chi connectivity index (χ4n) is 1.71. The van der Waals surface area contributed by atoms with E-state index < -0.39 is 0 Å². The second kappa shape index (κ2) is 5.80. The van der Waals surface area contributed by atoms with Crippen LogP contribution in [0, 0.1) is 6.92 Å². The Morgan fingerprint density at radius 2 is 2.24 bits per heavy atom. The predicted molar refractivity (Wildman–Crippen MR) is 70.4 cm³/mol. The zero-order valence-corrected chi connectivity index (χ0v) is 10.9. The van der Waals surface area contributed by atoms with Crippen LogP contribution in [0.5, 0.6) is 5.75 Å². The van der Waals surface area contributed by atoms with E-state index in [1.807, 2.05) is 11.6 Å². The summed E-state index contributed by atoms with van der Waals surface area (Å²) in [5, 5.41) is 5.43. The number of nitrogens with zero attached hydrogens (tertiary/aromatic N) is 1. The van der Waals surface area contributed by atoms with Crippen LogP contribution in [0.25, 0.3) is 0 Å². The number of ether oxygens (including phenoxy) is 1. The summed E-state index contributed by atoms with van der Waals surface area (Å²) in [6, 6.07) is 6.24. The summed E-state index contributed by atoms with van der Waals surface area (Å²) in [4.78, 5) is 4.23. The lowest BCUT2D eigenvalue weighted by molar-refractivity contribution is 0.411. The third kappa shape index (κ3) is 3.28. The Morgan fingerprint density at radius 1 is 1.35 bits per heavy atom. The zero-order chi connectivity index (χ0) is 12.1. The molecule has 90 valence electrons. The molecule has 0 atom stereocenters. The van der Waals surface area contributed by atoms with E-state index in [1.165, 1.54) is 11.1 Å². The molecule has 0 radical (unpaired) electrons. The van der Waals surface area contributed by atoms with Crippen molar-refractivity contribution in [1.82, 2.24) is 10.3 Å². The van der Waals surface area contributed by atoms with Crippen molar-refractivity contribution in [2.24, 2.45) is 0 Å². The first-order valence-electron chi connectivity index (χ1n) is 5.51. The van der Waals surface area contributed by atoms with Gasteiger partial charge in [0.25, 0.3) is 0 Å². The van der Waals surface area contributed by atoms with Gasteiger partial charge in [0.2, 0.25) is 0 Å². The molecule has 0 saturated carbocycles. The first-order chi connectivity index (χ1) is 8.29. The number of benzene rings is 1. The third-order valence-corrected chi connectivity index (χ3v) is 3.21. The van der Waals surface area contributed by atoms with Gasteiger partial charge in [0, 0.05) is 18.5 Å². The fraction of sp³-hybridized carbons (Fsp3) is 0.308. The summed E-state index contributed by atoms with van der Waals surface area (Å²) in [5.41, 5.74) is 5.38. The number of nitrogens with one attached hydrogen (secondary N) is 1. The lowest BCUT2D eigenvalue weighted by atomic mass is 10.1. The van der Waals surface area contributed by atoms with Crippen LogP contribution in [0.3, 0.4) is 0 Å². The van der Waals surface area contributed by atoms with Crippen molar-refractivity contribution in [3.63, 3.8) is 0 Å². The molecule has 17 heavy (non-hydrogen) atoms. The van der Waals surface area contributed by atoms with Gasteiger partial charge in [-0.3, -0.25) is 0 Å². The van der Waals surface area contributed by atoms with E-state index >= 15 is 0 Å². The lowest BCUT2D eigenvalue weighted by Gasteiger charge is -2.08. The summed E-state index contributed by atoms with van der Waals surface area (Å²) in [7, 11) is 1.70. The van der Waals surface area contributed by atoms with Crippen molar-refractivity contribution >= 4 is 11.3 Å². The second-order valence-corrected chi connectivity index (χ2v) is 4.61. The topological polar surface area (TPSA) is 34.1 Å². The highest BCUT2D eigenvalue weighted by Gasteiger charge is 2.00. The largest absolute Gasteiger partial charge is 0.496 e. The lowest BCUT2D eigenvalue weighted by Crippen LogP contribution is -2.12. The Balaban J connectivity index is 1.89. The van der Waals surface area contributed by atoms with Crippen LogP contribution < -0.4 is 10.1 Å². The van der Waals surface area contributed by atoms with Crippen molar-refractivity contribution in [2.45, 2.75) is 20.0 Å². The number of methoxy groups -OCH3 is 1. The van der Waals surface area contributed by atoms with Crippen LogP contribution in [-0.4, -0.2) is 12.1 Å². The van der Waals surface area contributed by atoms with Crippen LogP contribution >= 0.6 is 11.3 Å². The molecule has 1 heterocycles. The molecule has 2 rings (SSSR count). The highest BCUT2D eigenvalue weighted by molar-refractivity contribution is 7.07. The van der Waals surface area contributed by atoms with Crippen LogP contribution in [0.4, 0.5) is 0 Å². The Labute approximate surface area is 105 Å². The number of hydrogen-bond donors (Lipinski definition) is 1. The molecule has 4 heteroatoms. The standard InChI is InChI=1S/C13H16N2OS/c1-10-5-11(3-4-13(10)16-2)6-14-7-12-8-17-9-15-12/h3-5,8-9,14H,6-7H2,1-2H3. The Kier molecular flexibility index (Phi) is 4.12. The van der Waals surface area contributed by atoms with Gasteiger partial charge in [-0.25, -0.2) is 4.98 Å². The molecule has 1 N–H and O–H groups in total.